The lowest BCUT2D eigenvalue weighted by atomic mass is 9.93. The zero-order valence-electron chi connectivity index (χ0n) is 6.71. The van der Waals surface area contributed by atoms with Gasteiger partial charge in [0.25, 0.3) is 0 Å². The molecular formula is C8H14NO2. The molecule has 1 radical (unpaired) electrons. The average Bonchev–Trinajstić information content (AvgIpc) is 2.71. The van der Waals surface area contributed by atoms with E-state index in [1.165, 1.54) is 6.42 Å². The highest BCUT2D eigenvalue weighted by atomic mass is 16.3. The molecule has 3 N–H and O–H groups in total. The van der Waals surface area contributed by atoms with Crippen molar-refractivity contribution in [2.45, 2.75) is 31.8 Å². The second-order valence-corrected chi connectivity index (χ2v) is 3.22. The van der Waals surface area contributed by atoms with Gasteiger partial charge in [-0.15, -0.1) is 0 Å². The van der Waals surface area contributed by atoms with Crippen LogP contribution in [-0.2, 0) is 4.79 Å². The quantitative estimate of drug-likeness (QED) is 0.612. The van der Waals surface area contributed by atoms with Gasteiger partial charge in [0.1, 0.15) is 5.60 Å². The Morgan fingerprint density at radius 1 is 1.82 bits per heavy atom. The van der Waals surface area contributed by atoms with Gasteiger partial charge < -0.3 is 10.8 Å². The molecule has 1 saturated carbocycles. The van der Waals surface area contributed by atoms with E-state index in [9.17, 15) is 9.90 Å². The molecule has 1 amide bonds. The highest BCUT2D eigenvalue weighted by Gasteiger charge is 2.38. The molecule has 0 aromatic carbocycles. The first-order valence-electron chi connectivity index (χ1n) is 3.91. The molecule has 0 saturated heterocycles. The third-order valence-corrected chi connectivity index (χ3v) is 2.20. The molecule has 0 heterocycles. The van der Waals surface area contributed by atoms with Crippen molar-refractivity contribution in [3.05, 3.63) is 6.42 Å². The molecule has 1 aliphatic rings. The number of carbonyl (C=O) groups is 1. The minimum atomic E-state index is -1.36. The van der Waals surface area contributed by atoms with Crippen molar-refractivity contribution < 1.29 is 9.90 Å². The lowest BCUT2D eigenvalue weighted by molar-refractivity contribution is -0.134. The van der Waals surface area contributed by atoms with Crippen LogP contribution in [0.3, 0.4) is 0 Å². The number of rotatable bonds is 4. The molecule has 0 unspecified atom stereocenters. The van der Waals surface area contributed by atoms with Crippen molar-refractivity contribution in [1.29, 1.82) is 0 Å². The predicted octanol–water partition coefficient (Wildman–Crippen LogP) is 0.227. The smallest absolute Gasteiger partial charge is 0.249 e. The van der Waals surface area contributed by atoms with E-state index in [1.807, 2.05) is 0 Å². The summed E-state index contributed by atoms with van der Waals surface area (Å²) in [6.45, 7) is 1.66. The molecule has 0 aromatic rings. The Morgan fingerprint density at radius 3 is 2.64 bits per heavy atom. The first-order valence-corrected chi connectivity index (χ1v) is 3.91. The number of nitrogens with two attached hydrogens (primary N) is 1. The minimum absolute atomic E-state index is 0.499. The van der Waals surface area contributed by atoms with E-state index >= 15 is 0 Å². The maximum absolute atomic E-state index is 10.8. The van der Waals surface area contributed by atoms with Gasteiger partial charge in [0, 0.05) is 0 Å². The Bertz CT molecular complexity index is 165. The summed E-state index contributed by atoms with van der Waals surface area (Å²) in [5, 5.41) is 9.58. The van der Waals surface area contributed by atoms with Crippen LogP contribution in [0.1, 0.15) is 26.2 Å². The normalized spacial score (nSPS) is 22.7. The van der Waals surface area contributed by atoms with Gasteiger partial charge in [0.05, 0.1) is 0 Å². The monoisotopic (exact) mass is 156 g/mol. The topological polar surface area (TPSA) is 63.3 Å². The van der Waals surface area contributed by atoms with Crippen molar-refractivity contribution in [3.8, 4) is 0 Å². The Balaban J connectivity index is 2.49. The highest BCUT2D eigenvalue weighted by molar-refractivity contribution is 5.84. The van der Waals surface area contributed by atoms with Gasteiger partial charge in [-0.2, -0.15) is 0 Å². The summed E-state index contributed by atoms with van der Waals surface area (Å²) < 4.78 is 0. The first-order chi connectivity index (χ1) is 5.08. The Hall–Kier alpha value is -0.570. The lowest BCUT2D eigenvalue weighted by Gasteiger charge is -2.21. The van der Waals surface area contributed by atoms with Gasteiger partial charge in [-0.05, 0) is 18.8 Å². The van der Waals surface area contributed by atoms with Crippen LogP contribution in [0.25, 0.3) is 0 Å². The molecule has 3 nitrogen and oxygen atoms in total. The largest absolute Gasteiger partial charge is 0.380 e. The lowest BCUT2D eigenvalue weighted by Crippen LogP contribution is -2.44. The van der Waals surface area contributed by atoms with Crippen LogP contribution in [0.5, 0.6) is 0 Å². The van der Waals surface area contributed by atoms with Gasteiger partial charge in [-0.3, -0.25) is 4.79 Å². The van der Waals surface area contributed by atoms with E-state index in [2.05, 4.69) is 0 Å². The summed E-state index contributed by atoms with van der Waals surface area (Å²) in [6, 6.07) is 0. The van der Waals surface area contributed by atoms with Crippen molar-refractivity contribution >= 4 is 5.91 Å². The Kier molecular flexibility index (Phi) is 2.18. The highest BCUT2D eigenvalue weighted by Crippen LogP contribution is 2.37. The summed E-state index contributed by atoms with van der Waals surface area (Å²) in [5.41, 5.74) is 3.68. The maximum Gasteiger partial charge on any atom is 0.249 e. The van der Waals surface area contributed by atoms with Crippen LogP contribution in [0.4, 0.5) is 0 Å². The molecule has 1 aliphatic carbocycles. The maximum atomic E-state index is 10.8. The van der Waals surface area contributed by atoms with E-state index < -0.39 is 11.5 Å². The standard InChI is InChI=1S/C8H14NO2/c1-2-8(11,7(9)10)5-6-3-4-6/h2,6,11H,3-5H2,1H3,(H2,9,10)/t8-/m1/s1. The van der Waals surface area contributed by atoms with Gasteiger partial charge >= 0.3 is 0 Å². The summed E-state index contributed by atoms with van der Waals surface area (Å²) >= 11 is 0. The van der Waals surface area contributed by atoms with Gasteiger partial charge in [-0.25, -0.2) is 0 Å². The third kappa shape index (κ3) is 1.93. The van der Waals surface area contributed by atoms with Crippen molar-refractivity contribution in [2.24, 2.45) is 11.7 Å². The van der Waals surface area contributed by atoms with Crippen molar-refractivity contribution in [1.82, 2.24) is 0 Å². The Labute approximate surface area is 66.6 Å². The predicted molar refractivity (Wildman–Crippen MR) is 41.5 cm³/mol. The fourth-order valence-electron chi connectivity index (χ4n) is 1.12. The van der Waals surface area contributed by atoms with Gasteiger partial charge in [0.15, 0.2) is 0 Å². The number of primary amides is 1. The number of carbonyl (C=O) groups excluding carboxylic acids is 1. The molecule has 11 heavy (non-hydrogen) atoms. The summed E-state index contributed by atoms with van der Waals surface area (Å²) in [6.07, 6.45) is 4.21. The zero-order chi connectivity index (χ0) is 8.48. The van der Waals surface area contributed by atoms with Crippen LogP contribution in [0.15, 0.2) is 0 Å². The number of aliphatic hydroxyl groups is 1. The molecular weight excluding hydrogens is 142 g/mol. The molecule has 0 aliphatic heterocycles. The van der Waals surface area contributed by atoms with E-state index in [1.54, 1.807) is 6.92 Å². The van der Waals surface area contributed by atoms with Crippen LogP contribution < -0.4 is 5.73 Å². The van der Waals surface area contributed by atoms with E-state index in [0.29, 0.717) is 12.3 Å². The van der Waals surface area contributed by atoms with Crippen LogP contribution in [0, 0.1) is 12.3 Å². The summed E-state index contributed by atoms with van der Waals surface area (Å²) in [7, 11) is 0. The molecule has 0 aromatic heterocycles. The first kappa shape index (κ1) is 8.53. The molecule has 0 bridgehead atoms. The van der Waals surface area contributed by atoms with Gasteiger partial charge in [-0.1, -0.05) is 19.8 Å². The second-order valence-electron chi connectivity index (χ2n) is 3.22. The third-order valence-electron chi connectivity index (χ3n) is 2.20. The fraction of sp³-hybridized carbons (Fsp3) is 0.750. The Morgan fingerprint density at radius 2 is 2.36 bits per heavy atom. The number of amides is 1. The van der Waals surface area contributed by atoms with Crippen LogP contribution in [0.2, 0.25) is 0 Å². The van der Waals surface area contributed by atoms with E-state index in [4.69, 9.17) is 5.73 Å². The van der Waals surface area contributed by atoms with Gasteiger partial charge in [0.2, 0.25) is 5.91 Å². The minimum Gasteiger partial charge on any atom is -0.380 e. The molecule has 3 heteroatoms. The summed E-state index contributed by atoms with van der Waals surface area (Å²) in [5.74, 6) is -0.129. The number of hydrogen-bond donors (Lipinski definition) is 2. The molecule has 1 rings (SSSR count). The van der Waals surface area contributed by atoms with E-state index in [0.717, 1.165) is 12.8 Å². The second kappa shape index (κ2) is 2.81. The van der Waals surface area contributed by atoms with Crippen molar-refractivity contribution in [3.63, 3.8) is 0 Å². The molecule has 1 atom stereocenters. The molecule has 0 spiro atoms. The summed E-state index contributed by atoms with van der Waals surface area (Å²) in [4.78, 5) is 10.8. The average molecular weight is 156 g/mol. The van der Waals surface area contributed by atoms with Crippen molar-refractivity contribution in [2.75, 3.05) is 0 Å². The molecule has 1 fully saturated rings. The fourth-order valence-corrected chi connectivity index (χ4v) is 1.12. The van der Waals surface area contributed by atoms with E-state index in [-0.39, 0.29) is 0 Å². The zero-order valence-corrected chi connectivity index (χ0v) is 6.71. The number of hydrogen-bond acceptors (Lipinski definition) is 2. The van der Waals surface area contributed by atoms with Crippen LogP contribution in [-0.4, -0.2) is 16.6 Å². The molecule has 63 valence electrons. The SMILES string of the molecule is C[CH][C@@](O)(CC1CC1)C(N)=O. The van der Waals surface area contributed by atoms with Crippen LogP contribution >= 0.6 is 0 Å².